The average molecular weight is 352 g/mol. The SMILES string of the molecule is CC(C)(O)COc1ccc(-c2cnc3[nH]cc(C=CC(N)=O)c3c2)cn1. The third-order valence-corrected chi connectivity index (χ3v) is 3.63. The highest BCUT2D eigenvalue weighted by Crippen LogP contribution is 2.26. The standard InChI is InChI=1S/C19H20N4O3/c1-19(2,25)11-26-17-6-4-12(8-21-17)14-7-15-13(3-5-16(20)24)9-22-18(15)23-10-14/h3-10,25H,11H2,1-2H3,(H2,20,24)(H,22,23). The summed E-state index contributed by atoms with van der Waals surface area (Å²) in [7, 11) is 0. The molecule has 7 heteroatoms. The number of aromatic amines is 1. The molecule has 134 valence electrons. The van der Waals surface area contributed by atoms with Crippen LogP contribution < -0.4 is 10.5 Å². The molecule has 26 heavy (non-hydrogen) atoms. The predicted molar refractivity (Wildman–Crippen MR) is 99.3 cm³/mol. The molecule has 4 N–H and O–H groups in total. The van der Waals surface area contributed by atoms with Gasteiger partial charge in [0.25, 0.3) is 0 Å². The smallest absolute Gasteiger partial charge is 0.241 e. The van der Waals surface area contributed by atoms with Crippen LogP contribution in [0.15, 0.2) is 42.9 Å². The molecule has 0 saturated carbocycles. The van der Waals surface area contributed by atoms with Crippen LogP contribution in [0.3, 0.4) is 0 Å². The van der Waals surface area contributed by atoms with Gasteiger partial charge in [-0.1, -0.05) is 0 Å². The number of primary amides is 1. The number of pyridine rings is 2. The summed E-state index contributed by atoms with van der Waals surface area (Å²) < 4.78 is 5.46. The van der Waals surface area contributed by atoms with Gasteiger partial charge >= 0.3 is 0 Å². The zero-order chi connectivity index (χ0) is 18.7. The average Bonchev–Trinajstić information content (AvgIpc) is 3.00. The first-order valence-corrected chi connectivity index (χ1v) is 8.08. The molecule has 0 aliphatic heterocycles. The van der Waals surface area contributed by atoms with Crippen molar-refractivity contribution in [2.45, 2.75) is 19.4 Å². The Morgan fingerprint density at radius 1 is 1.31 bits per heavy atom. The Morgan fingerprint density at radius 3 is 2.73 bits per heavy atom. The second-order valence-corrected chi connectivity index (χ2v) is 6.59. The first-order valence-electron chi connectivity index (χ1n) is 8.08. The molecule has 3 aromatic heterocycles. The first-order chi connectivity index (χ1) is 12.3. The number of carbonyl (C=O) groups excluding carboxylic acids is 1. The molecular formula is C19H20N4O3. The highest BCUT2D eigenvalue weighted by molar-refractivity contribution is 5.95. The number of nitrogens with one attached hydrogen (secondary N) is 1. The number of fused-ring (bicyclic) bond motifs is 1. The highest BCUT2D eigenvalue weighted by Gasteiger charge is 2.14. The third-order valence-electron chi connectivity index (χ3n) is 3.63. The van der Waals surface area contributed by atoms with Gasteiger partial charge in [-0.25, -0.2) is 9.97 Å². The van der Waals surface area contributed by atoms with E-state index < -0.39 is 11.5 Å². The van der Waals surface area contributed by atoms with Crippen molar-refractivity contribution < 1.29 is 14.6 Å². The van der Waals surface area contributed by atoms with Crippen molar-refractivity contribution in [2.24, 2.45) is 5.73 Å². The Hall–Kier alpha value is -3.19. The van der Waals surface area contributed by atoms with Gasteiger partial charge in [0.05, 0.1) is 5.60 Å². The maximum absolute atomic E-state index is 10.9. The van der Waals surface area contributed by atoms with Crippen LogP contribution in [0.5, 0.6) is 5.88 Å². The Kier molecular flexibility index (Phi) is 4.73. The number of aromatic nitrogens is 3. The molecule has 0 radical (unpaired) electrons. The minimum absolute atomic E-state index is 0.159. The van der Waals surface area contributed by atoms with Crippen LogP contribution in [0, 0.1) is 0 Å². The van der Waals surface area contributed by atoms with Gasteiger partial charge in [-0.05, 0) is 32.1 Å². The van der Waals surface area contributed by atoms with Crippen molar-refractivity contribution in [1.82, 2.24) is 15.0 Å². The Morgan fingerprint density at radius 2 is 2.08 bits per heavy atom. The minimum Gasteiger partial charge on any atom is -0.475 e. The maximum atomic E-state index is 10.9. The van der Waals surface area contributed by atoms with Gasteiger partial charge in [-0.2, -0.15) is 0 Å². The van der Waals surface area contributed by atoms with E-state index in [1.807, 2.05) is 12.1 Å². The van der Waals surface area contributed by atoms with Crippen molar-refractivity contribution >= 4 is 23.0 Å². The molecule has 1 amide bonds. The molecule has 0 spiro atoms. The van der Waals surface area contributed by atoms with Crippen LogP contribution in [0.1, 0.15) is 19.4 Å². The molecule has 0 atom stereocenters. The number of nitrogens with zero attached hydrogens (tertiary/aromatic N) is 2. The zero-order valence-corrected chi connectivity index (χ0v) is 14.6. The van der Waals surface area contributed by atoms with Crippen molar-refractivity contribution in [3.63, 3.8) is 0 Å². The van der Waals surface area contributed by atoms with Gasteiger partial charge in [0.15, 0.2) is 0 Å². The number of carbonyl (C=O) groups is 1. The maximum Gasteiger partial charge on any atom is 0.241 e. The molecule has 0 unspecified atom stereocenters. The summed E-state index contributed by atoms with van der Waals surface area (Å²) in [5.74, 6) is -0.0639. The van der Waals surface area contributed by atoms with E-state index in [9.17, 15) is 9.90 Å². The molecule has 0 bridgehead atoms. The van der Waals surface area contributed by atoms with Crippen molar-refractivity contribution in [3.05, 3.63) is 48.4 Å². The molecule has 3 rings (SSSR count). The second kappa shape index (κ2) is 6.97. The number of rotatable bonds is 6. The number of ether oxygens (including phenoxy) is 1. The summed E-state index contributed by atoms with van der Waals surface area (Å²) in [6.07, 6.45) is 8.17. The molecule has 0 aromatic carbocycles. The van der Waals surface area contributed by atoms with E-state index in [4.69, 9.17) is 10.5 Å². The minimum atomic E-state index is -0.918. The number of H-pyrrole nitrogens is 1. The van der Waals surface area contributed by atoms with Crippen LogP contribution in [-0.4, -0.2) is 38.2 Å². The molecular weight excluding hydrogens is 332 g/mol. The number of aliphatic hydroxyl groups is 1. The van der Waals surface area contributed by atoms with Gasteiger partial charge in [-0.15, -0.1) is 0 Å². The van der Waals surface area contributed by atoms with Gasteiger partial charge in [0.2, 0.25) is 11.8 Å². The first kappa shape index (κ1) is 17.6. The van der Waals surface area contributed by atoms with Gasteiger partial charge in [0, 0.05) is 52.8 Å². The molecule has 7 nitrogen and oxygen atoms in total. The highest BCUT2D eigenvalue weighted by atomic mass is 16.5. The Bertz CT molecular complexity index is 953. The van der Waals surface area contributed by atoms with E-state index in [2.05, 4.69) is 15.0 Å². The monoisotopic (exact) mass is 352 g/mol. The lowest BCUT2D eigenvalue weighted by Crippen LogP contribution is -2.28. The number of amides is 1. The van der Waals surface area contributed by atoms with Crippen molar-refractivity contribution in [2.75, 3.05) is 6.61 Å². The summed E-state index contributed by atoms with van der Waals surface area (Å²) in [4.78, 5) is 22.7. The molecule has 0 aliphatic carbocycles. The number of nitrogens with two attached hydrogens (primary N) is 1. The van der Waals surface area contributed by atoms with Crippen LogP contribution in [0.25, 0.3) is 28.2 Å². The summed E-state index contributed by atoms with van der Waals surface area (Å²) in [6.45, 7) is 3.50. The normalized spacial score (nSPS) is 12.0. The molecule has 3 heterocycles. The van der Waals surface area contributed by atoms with Crippen LogP contribution >= 0.6 is 0 Å². The second-order valence-electron chi connectivity index (χ2n) is 6.59. The fourth-order valence-electron chi connectivity index (χ4n) is 2.38. The number of hydrogen-bond donors (Lipinski definition) is 3. The Balaban J connectivity index is 1.85. The van der Waals surface area contributed by atoms with Crippen LogP contribution in [0.4, 0.5) is 0 Å². The van der Waals surface area contributed by atoms with E-state index in [0.717, 1.165) is 27.7 Å². The summed E-state index contributed by atoms with van der Waals surface area (Å²) in [5.41, 5.74) is 7.54. The van der Waals surface area contributed by atoms with E-state index in [1.54, 1.807) is 44.6 Å². The van der Waals surface area contributed by atoms with E-state index in [1.165, 1.54) is 6.08 Å². The summed E-state index contributed by atoms with van der Waals surface area (Å²) >= 11 is 0. The van der Waals surface area contributed by atoms with E-state index in [0.29, 0.717) is 5.88 Å². The fraction of sp³-hybridized carbons (Fsp3) is 0.211. The Labute approximate surface area is 150 Å². The lowest BCUT2D eigenvalue weighted by molar-refractivity contribution is -0.113. The fourth-order valence-corrected chi connectivity index (χ4v) is 2.38. The quantitative estimate of drug-likeness (QED) is 0.589. The van der Waals surface area contributed by atoms with Crippen LogP contribution in [-0.2, 0) is 4.79 Å². The topological polar surface area (TPSA) is 114 Å². The molecule has 0 aliphatic rings. The van der Waals surface area contributed by atoms with Crippen molar-refractivity contribution in [1.29, 1.82) is 0 Å². The third kappa shape index (κ3) is 4.25. The van der Waals surface area contributed by atoms with Crippen LogP contribution in [0.2, 0.25) is 0 Å². The lowest BCUT2D eigenvalue weighted by atomic mass is 10.1. The predicted octanol–water partition coefficient (Wildman–Crippen LogP) is 2.27. The molecule has 0 saturated heterocycles. The van der Waals surface area contributed by atoms with E-state index >= 15 is 0 Å². The van der Waals surface area contributed by atoms with Gasteiger partial charge in [0.1, 0.15) is 12.3 Å². The number of hydrogen-bond acceptors (Lipinski definition) is 5. The zero-order valence-electron chi connectivity index (χ0n) is 14.6. The van der Waals surface area contributed by atoms with E-state index in [-0.39, 0.29) is 6.61 Å². The largest absolute Gasteiger partial charge is 0.475 e. The molecule has 3 aromatic rings. The molecule has 0 fully saturated rings. The van der Waals surface area contributed by atoms with Crippen molar-refractivity contribution in [3.8, 4) is 17.0 Å². The van der Waals surface area contributed by atoms with Gasteiger partial charge < -0.3 is 20.6 Å². The summed E-state index contributed by atoms with van der Waals surface area (Å²) in [6, 6.07) is 5.59. The lowest BCUT2D eigenvalue weighted by Gasteiger charge is -2.17. The summed E-state index contributed by atoms with van der Waals surface area (Å²) in [5, 5.41) is 10.6. The van der Waals surface area contributed by atoms with Gasteiger partial charge in [-0.3, -0.25) is 4.79 Å².